The Morgan fingerprint density at radius 1 is 1.33 bits per heavy atom. The second-order valence-corrected chi connectivity index (χ2v) is 7.12. The zero-order valence-corrected chi connectivity index (χ0v) is 15.1. The van der Waals surface area contributed by atoms with Crippen molar-refractivity contribution < 1.29 is 4.79 Å². The zero-order chi connectivity index (χ0) is 19.1. The molecule has 0 unspecified atom stereocenters. The molecule has 27 heavy (non-hydrogen) atoms. The van der Waals surface area contributed by atoms with Gasteiger partial charge in [0.2, 0.25) is 0 Å². The van der Waals surface area contributed by atoms with Crippen molar-refractivity contribution in [1.29, 1.82) is 5.26 Å². The standard InChI is InChI=1S/C20H19N5O2/c1-11(2)16-17(24-18-14(9-21)10-22-25(18)20(16)27)12-3-5-13(6-4-12)19(26)23-15-7-8-15/h3-6,10-11,15,22H,7-8H2,1-2H3,(H,23,26). The molecular formula is C20H19N5O2. The van der Waals surface area contributed by atoms with Crippen molar-refractivity contribution in [2.45, 2.75) is 38.6 Å². The van der Waals surface area contributed by atoms with Crippen LogP contribution in [-0.2, 0) is 0 Å². The van der Waals surface area contributed by atoms with Crippen LogP contribution < -0.4 is 10.9 Å². The summed E-state index contributed by atoms with van der Waals surface area (Å²) in [5.41, 5.74) is 2.82. The van der Waals surface area contributed by atoms with Crippen LogP contribution in [0.4, 0.5) is 0 Å². The lowest BCUT2D eigenvalue weighted by molar-refractivity contribution is 0.0951. The molecule has 7 nitrogen and oxygen atoms in total. The van der Waals surface area contributed by atoms with Crippen LogP contribution in [0.2, 0.25) is 0 Å². The number of aromatic nitrogens is 3. The van der Waals surface area contributed by atoms with Crippen molar-refractivity contribution in [2.24, 2.45) is 0 Å². The van der Waals surface area contributed by atoms with Gasteiger partial charge < -0.3 is 5.32 Å². The number of hydrogen-bond donors (Lipinski definition) is 2. The number of amides is 1. The van der Waals surface area contributed by atoms with Crippen LogP contribution in [0.25, 0.3) is 16.9 Å². The minimum absolute atomic E-state index is 0.0522. The number of nitrogens with zero attached hydrogens (tertiary/aromatic N) is 3. The lowest BCUT2D eigenvalue weighted by Crippen LogP contribution is -2.25. The van der Waals surface area contributed by atoms with E-state index in [9.17, 15) is 14.9 Å². The summed E-state index contributed by atoms with van der Waals surface area (Å²) >= 11 is 0. The first-order valence-electron chi connectivity index (χ1n) is 8.95. The number of carbonyl (C=O) groups is 1. The van der Waals surface area contributed by atoms with Crippen molar-refractivity contribution in [1.82, 2.24) is 19.9 Å². The van der Waals surface area contributed by atoms with Crippen LogP contribution in [0, 0.1) is 11.3 Å². The maximum Gasteiger partial charge on any atom is 0.276 e. The number of carbonyl (C=O) groups excluding carboxylic acids is 1. The second-order valence-electron chi connectivity index (χ2n) is 7.12. The molecule has 7 heteroatoms. The van der Waals surface area contributed by atoms with Gasteiger partial charge in [-0.2, -0.15) is 5.26 Å². The highest BCUT2D eigenvalue weighted by Crippen LogP contribution is 2.27. The molecule has 0 bridgehead atoms. The summed E-state index contributed by atoms with van der Waals surface area (Å²) in [6.45, 7) is 3.86. The van der Waals surface area contributed by atoms with Crippen LogP contribution in [0.15, 0.2) is 35.3 Å². The molecule has 1 saturated carbocycles. The van der Waals surface area contributed by atoms with Gasteiger partial charge in [-0.25, -0.2) is 9.50 Å². The van der Waals surface area contributed by atoms with E-state index >= 15 is 0 Å². The third-order valence-electron chi connectivity index (χ3n) is 4.73. The summed E-state index contributed by atoms with van der Waals surface area (Å²) in [5, 5.41) is 15.0. The molecule has 0 atom stereocenters. The van der Waals surface area contributed by atoms with E-state index in [-0.39, 0.29) is 17.4 Å². The van der Waals surface area contributed by atoms with Crippen LogP contribution in [-0.4, -0.2) is 26.5 Å². The molecule has 0 radical (unpaired) electrons. The number of benzene rings is 1. The minimum Gasteiger partial charge on any atom is -0.349 e. The topological polar surface area (TPSA) is 103 Å². The Morgan fingerprint density at radius 2 is 2.04 bits per heavy atom. The molecule has 2 N–H and O–H groups in total. The van der Waals surface area contributed by atoms with Crippen molar-refractivity contribution in [3.8, 4) is 17.3 Å². The summed E-state index contributed by atoms with van der Waals surface area (Å²) in [6.07, 6.45) is 3.55. The molecular weight excluding hydrogens is 342 g/mol. The molecule has 1 amide bonds. The first-order chi connectivity index (χ1) is 13.0. The number of hydrogen-bond acceptors (Lipinski definition) is 4. The number of nitrogens with one attached hydrogen (secondary N) is 2. The minimum atomic E-state index is -0.220. The molecule has 3 aromatic rings. The Kier molecular flexibility index (Phi) is 4.04. The highest BCUT2D eigenvalue weighted by atomic mass is 16.1. The van der Waals surface area contributed by atoms with Gasteiger partial charge in [0.15, 0.2) is 5.65 Å². The Hall–Kier alpha value is -3.40. The van der Waals surface area contributed by atoms with Gasteiger partial charge in [0, 0.05) is 28.9 Å². The Morgan fingerprint density at radius 3 is 2.63 bits per heavy atom. The van der Waals surface area contributed by atoms with Gasteiger partial charge in [-0.1, -0.05) is 26.0 Å². The molecule has 0 saturated heterocycles. The van der Waals surface area contributed by atoms with Gasteiger partial charge in [-0.15, -0.1) is 0 Å². The fraction of sp³-hybridized carbons (Fsp3) is 0.300. The molecule has 2 heterocycles. The summed E-state index contributed by atoms with van der Waals surface area (Å²) in [4.78, 5) is 29.7. The highest BCUT2D eigenvalue weighted by molar-refractivity contribution is 5.95. The molecule has 1 aromatic carbocycles. The Balaban J connectivity index is 1.82. The summed E-state index contributed by atoms with van der Waals surface area (Å²) < 4.78 is 1.30. The number of rotatable bonds is 4. The van der Waals surface area contributed by atoms with Gasteiger partial charge in [0.05, 0.1) is 5.69 Å². The van der Waals surface area contributed by atoms with E-state index in [0.717, 1.165) is 18.4 Å². The Bertz CT molecular complexity index is 1130. The van der Waals surface area contributed by atoms with Crippen molar-refractivity contribution >= 4 is 11.6 Å². The van der Waals surface area contributed by atoms with E-state index in [4.69, 9.17) is 0 Å². The van der Waals surface area contributed by atoms with Crippen molar-refractivity contribution in [2.75, 3.05) is 0 Å². The average Bonchev–Trinajstić information content (AvgIpc) is 3.37. The Labute approximate surface area is 155 Å². The summed E-state index contributed by atoms with van der Waals surface area (Å²) in [5.74, 6) is -0.141. The molecule has 4 rings (SSSR count). The molecule has 2 aromatic heterocycles. The molecule has 136 valence electrons. The fourth-order valence-corrected chi connectivity index (χ4v) is 3.13. The molecule has 1 fully saturated rings. The van der Waals surface area contributed by atoms with Gasteiger partial charge in [0.1, 0.15) is 11.6 Å². The van der Waals surface area contributed by atoms with Gasteiger partial charge in [-0.05, 0) is 30.9 Å². The zero-order valence-electron chi connectivity index (χ0n) is 15.1. The van der Waals surface area contributed by atoms with E-state index in [2.05, 4.69) is 15.4 Å². The molecule has 1 aliphatic carbocycles. The van der Waals surface area contributed by atoms with E-state index in [0.29, 0.717) is 34.1 Å². The lowest BCUT2D eigenvalue weighted by atomic mass is 9.97. The van der Waals surface area contributed by atoms with Crippen LogP contribution in [0.1, 0.15) is 54.1 Å². The van der Waals surface area contributed by atoms with E-state index < -0.39 is 0 Å². The van der Waals surface area contributed by atoms with E-state index in [1.165, 1.54) is 10.7 Å². The summed E-state index contributed by atoms with van der Waals surface area (Å²) in [6, 6.07) is 9.41. The number of nitriles is 1. The highest BCUT2D eigenvalue weighted by Gasteiger charge is 2.24. The van der Waals surface area contributed by atoms with Crippen LogP contribution in [0.5, 0.6) is 0 Å². The van der Waals surface area contributed by atoms with Crippen molar-refractivity contribution in [3.63, 3.8) is 0 Å². The quantitative estimate of drug-likeness (QED) is 0.745. The van der Waals surface area contributed by atoms with Crippen molar-refractivity contribution in [3.05, 3.63) is 57.5 Å². The third kappa shape index (κ3) is 2.99. The lowest BCUT2D eigenvalue weighted by Gasteiger charge is -2.12. The number of aromatic amines is 1. The predicted molar refractivity (Wildman–Crippen MR) is 101 cm³/mol. The molecule has 0 aliphatic heterocycles. The smallest absolute Gasteiger partial charge is 0.276 e. The van der Waals surface area contributed by atoms with Gasteiger partial charge in [-0.3, -0.25) is 14.7 Å². The first-order valence-corrected chi connectivity index (χ1v) is 8.95. The normalized spacial score (nSPS) is 13.7. The fourth-order valence-electron chi connectivity index (χ4n) is 3.13. The summed E-state index contributed by atoms with van der Waals surface area (Å²) in [7, 11) is 0. The monoisotopic (exact) mass is 361 g/mol. The maximum atomic E-state index is 12.9. The molecule has 1 aliphatic rings. The first kappa shape index (κ1) is 17.0. The van der Waals surface area contributed by atoms with Gasteiger partial charge >= 0.3 is 0 Å². The largest absolute Gasteiger partial charge is 0.349 e. The third-order valence-corrected chi connectivity index (χ3v) is 4.73. The number of fused-ring (bicyclic) bond motifs is 1. The maximum absolute atomic E-state index is 12.9. The SMILES string of the molecule is CC(C)c1c(-c2ccc(C(=O)NC3CC3)cc2)nc2c(C#N)c[nH]n2c1=O. The molecule has 0 spiro atoms. The van der Waals surface area contributed by atoms with Gasteiger partial charge in [0.25, 0.3) is 11.5 Å². The van der Waals surface area contributed by atoms with E-state index in [1.807, 2.05) is 19.9 Å². The average molecular weight is 361 g/mol. The van der Waals surface area contributed by atoms with E-state index in [1.54, 1.807) is 24.3 Å². The predicted octanol–water partition coefficient (Wildman–Crippen LogP) is 2.58. The van der Waals surface area contributed by atoms with Crippen LogP contribution >= 0.6 is 0 Å². The second kappa shape index (κ2) is 6.40. The van der Waals surface area contributed by atoms with Crippen LogP contribution in [0.3, 0.4) is 0 Å². The number of H-pyrrole nitrogens is 1.